The molecular weight excluding hydrogens is 460 g/mol. The third-order valence-electron chi connectivity index (χ3n) is 4.83. The van der Waals surface area contributed by atoms with Crippen LogP contribution in [-0.2, 0) is 4.79 Å². The molecule has 34 heavy (non-hydrogen) atoms. The Morgan fingerprint density at radius 2 is 1.59 bits per heavy atom. The number of rotatable bonds is 11. The number of benzene rings is 2. The van der Waals surface area contributed by atoms with Crippen LogP contribution < -0.4 is 23.7 Å². The topological polar surface area (TPSA) is 101 Å². The van der Waals surface area contributed by atoms with E-state index >= 15 is 0 Å². The summed E-state index contributed by atoms with van der Waals surface area (Å²) in [5.41, 5.74) is 1.66. The zero-order valence-corrected chi connectivity index (χ0v) is 19.9. The van der Waals surface area contributed by atoms with Crippen molar-refractivity contribution in [3.05, 3.63) is 59.0 Å². The first-order valence-corrected chi connectivity index (χ1v) is 10.9. The standard InChI is InChI=1S/C25H24O8S/c1-29-19-13-20(33-14-24(27)28)17(23-6-5-9-34-23)10-15(19)7-8-18(26)16-11-21(30-2)25(32-4)22(12-16)31-3/h5-13H,14H2,1-4H3,(H,27,28). The summed E-state index contributed by atoms with van der Waals surface area (Å²) in [4.78, 5) is 24.8. The number of aliphatic carboxylic acids is 1. The number of allylic oxidation sites excluding steroid dienone is 1. The van der Waals surface area contributed by atoms with E-state index in [9.17, 15) is 9.59 Å². The molecule has 0 aliphatic carbocycles. The minimum absolute atomic E-state index is 0.287. The van der Waals surface area contributed by atoms with Crippen LogP contribution >= 0.6 is 11.3 Å². The van der Waals surface area contributed by atoms with Gasteiger partial charge in [0.15, 0.2) is 23.9 Å². The van der Waals surface area contributed by atoms with Crippen LogP contribution in [0.25, 0.3) is 16.5 Å². The first-order chi connectivity index (χ1) is 16.4. The quantitative estimate of drug-likeness (QED) is 0.306. The van der Waals surface area contributed by atoms with Crippen molar-refractivity contribution in [3.8, 4) is 39.2 Å². The summed E-state index contributed by atoms with van der Waals surface area (Å²) >= 11 is 1.48. The summed E-state index contributed by atoms with van der Waals surface area (Å²) in [5.74, 6) is 0.558. The summed E-state index contributed by atoms with van der Waals surface area (Å²) in [6.07, 6.45) is 3.04. The van der Waals surface area contributed by atoms with Gasteiger partial charge in [-0.1, -0.05) is 6.07 Å². The Morgan fingerprint density at radius 1 is 0.912 bits per heavy atom. The molecule has 1 aromatic heterocycles. The molecule has 0 saturated carbocycles. The Labute approximate surface area is 200 Å². The predicted octanol–water partition coefficient (Wildman–Crippen LogP) is 4.81. The highest BCUT2D eigenvalue weighted by atomic mass is 32.1. The van der Waals surface area contributed by atoms with E-state index in [4.69, 9.17) is 28.8 Å². The monoisotopic (exact) mass is 484 g/mol. The van der Waals surface area contributed by atoms with Crippen LogP contribution in [-0.4, -0.2) is 51.9 Å². The number of ether oxygens (including phenoxy) is 5. The number of carbonyl (C=O) groups excluding carboxylic acids is 1. The summed E-state index contributed by atoms with van der Waals surface area (Å²) in [5, 5.41) is 10.9. The fourth-order valence-electron chi connectivity index (χ4n) is 3.25. The molecule has 0 unspecified atom stereocenters. The van der Waals surface area contributed by atoms with Gasteiger partial charge in [-0.2, -0.15) is 0 Å². The molecular formula is C25H24O8S. The van der Waals surface area contributed by atoms with E-state index in [0.717, 1.165) is 4.88 Å². The van der Waals surface area contributed by atoms with Crippen molar-refractivity contribution in [2.24, 2.45) is 0 Å². The lowest BCUT2D eigenvalue weighted by atomic mass is 10.0. The second kappa shape index (κ2) is 11.2. The lowest BCUT2D eigenvalue weighted by molar-refractivity contribution is -0.139. The lowest BCUT2D eigenvalue weighted by Gasteiger charge is -2.14. The van der Waals surface area contributed by atoms with E-state index in [1.807, 2.05) is 17.5 Å². The van der Waals surface area contributed by atoms with E-state index < -0.39 is 12.6 Å². The Morgan fingerprint density at radius 3 is 2.12 bits per heavy atom. The maximum absolute atomic E-state index is 12.9. The first kappa shape index (κ1) is 24.7. The summed E-state index contributed by atoms with van der Waals surface area (Å²) in [6.45, 7) is -0.490. The molecule has 0 spiro atoms. The van der Waals surface area contributed by atoms with E-state index in [2.05, 4.69) is 0 Å². The van der Waals surface area contributed by atoms with Crippen LogP contribution in [0.2, 0.25) is 0 Å². The molecule has 3 rings (SSSR count). The number of hydrogen-bond acceptors (Lipinski definition) is 8. The molecule has 9 heteroatoms. The van der Waals surface area contributed by atoms with Gasteiger partial charge in [0, 0.05) is 27.6 Å². The zero-order valence-electron chi connectivity index (χ0n) is 19.1. The number of carbonyl (C=O) groups is 2. The minimum atomic E-state index is -1.09. The molecule has 0 aliphatic rings. The molecule has 0 amide bonds. The van der Waals surface area contributed by atoms with Crippen molar-refractivity contribution >= 4 is 29.2 Å². The largest absolute Gasteiger partial charge is 0.496 e. The van der Waals surface area contributed by atoms with Crippen molar-refractivity contribution in [1.29, 1.82) is 0 Å². The van der Waals surface area contributed by atoms with Gasteiger partial charge in [-0.15, -0.1) is 11.3 Å². The Hall–Kier alpha value is -3.98. The fraction of sp³-hybridized carbons (Fsp3) is 0.200. The Kier molecular flexibility index (Phi) is 8.15. The van der Waals surface area contributed by atoms with Crippen LogP contribution in [0.15, 0.2) is 47.9 Å². The second-order valence-corrected chi connectivity index (χ2v) is 7.81. The molecule has 8 nitrogen and oxygen atoms in total. The lowest BCUT2D eigenvalue weighted by Crippen LogP contribution is -2.10. The van der Waals surface area contributed by atoms with Crippen molar-refractivity contribution < 1.29 is 38.4 Å². The molecule has 3 aromatic rings. The molecule has 0 fully saturated rings. The van der Waals surface area contributed by atoms with Gasteiger partial charge < -0.3 is 28.8 Å². The molecule has 0 saturated heterocycles. The van der Waals surface area contributed by atoms with Gasteiger partial charge >= 0.3 is 5.97 Å². The highest BCUT2D eigenvalue weighted by Crippen LogP contribution is 2.40. The molecule has 0 aliphatic heterocycles. The van der Waals surface area contributed by atoms with Gasteiger partial charge in [-0.25, -0.2) is 4.79 Å². The average molecular weight is 485 g/mol. The SMILES string of the molecule is COc1cc(OCC(=O)O)c(-c2cccs2)cc1C=CC(=O)c1cc(OC)c(OC)c(OC)c1. The van der Waals surface area contributed by atoms with Gasteiger partial charge in [-0.3, -0.25) is 4.79 Å². The molecule has 1 heterocycles. The number of carboxylic acids is 1. The molecule has 0 bridgehead atoms. The van der Waals surface area contributed by atoms with Crippen LogP contribution in [0.1, 0.15) is 15.9 Å². The van der Waals surface area contributed by atoms with Gasteiger partial charge in [-0.05, 0) is 41.8 Å². The highest BCUT2D eigenvalue weighted by molar-refractivity contribution is 7.13. The second-order valence-electron chi connectivity index (χ2n) is 6.86. The van der Waals surface area contributed by atoms with E-state index in [1.54, 1.807) is 30.3 Å². The van der Waals surface area contributed by atoms with Crippen LogP contribution in [0.4, 0.5) is 0 Å². The maximum Gasteiger partial charge on any atom is 0.341 e. The summed E-state index contributed by atoms with van der Waals surface area (Å²) in [7, 11) is 5.93. The van der Waals surface area contributed by atoms with Crippen molar-refractivity contribution in [2.45, 2.75) is 0 Å². The normalized spacial score (nSPS) is 10.7. The average Bonchev–Trinajstić information content (AvgIpc) is 3.39. The van der Waals surface area contributed by atoms with Crippen molar-refractivity contribution in [2.75, 3.05) is 35.0 Å². The Balaban J connectivity index is 2.00. The van der Waals surface area contributed by atoms with Crippen molar-refractivity contribution in [3.63, 3.8) is 0 Å². The molecule has 178 valence electrons. The Bertz CT molecular complexity index is 1170. The van der Waals surface area contributed by atoms with Gasteiger partial charge in [0.1, 0.15) is 11.5 Å². The first-order valence-electron chi connectivity index (χ1n) is 10.0. The molecule has 2 aromatic carbocycles. The number of carboxylic acid groups (broad SMARTS) is 1. The van der Waals surface area contributed by atoms with Crippen LogP contribution in [0.5, 0.6) is 28.7 Å². The third-order valence-corrected chi connectivity index (χ3v) is 5.74. The third kappa shape index (κ3) is 5.49. The number of thiophene rings is 1. The van der Waals surface area contributed by atoms with Crippen LogP contribution in [0.3, 0.4) is 0 Å². The fourth-order valence-corrected chi connectivity index (χ4v) is 4.00. The predicted molar refractivity (Wildman–Crippen MR) is 129 cm³/mol. The van der Waals surface area contributed by atoms with E-state index in [1.165, 1.54) is 45.9 Å². The van der Waals surface area contributed by atoms with E-state index in [0.29, 0.717) is 45.4 Å². The molecule has 0 radical (unpaired) electrons. The molecule has 0 atom stereocenters. The van der Waals surface area contributed by atoms with Crippen LogP contribution in [0, 0.1) is 0 Å². The summed E-state index contributed by atoms with van der Waals surface area (Å²) in [6, 6.07) is 10.3. The number of methoxy groups -OCH3 is 4. The van der Waals surface area contributed by atoms with Gasteiger partial charge in [0.05, 0.1) is 28.4 Å². The highest BCUT2D eigenvalue weighted by Gasteiger charge is 2.17. The summed E-state index contributed by atoms with van der Waals surface area (Å²) < 4.78 is 26.9. The number of hydrogen-bond donors (Lipinski definition) is 1. The van der Waals surface area contributed by atoms with E-state index in [-0.39, 0.29) is 5.78 Å². The minimum Gasteiger partial charge on any atom is -0.496 e. The smallest absolute Gasteiger partial charge is 0.341 e. The molecule has 1 N–H and O–H groups in total. The van der Waals surface area contributed by atoms with Gasteiger partial charge in [0.25, 0.3) is 0 Å². The van der Waals surface area contributed by atoms with Crippen molar-refractivity contribution in [1.82, 2.24) is 0 Å². The number of ketones is 1. The zero-order chi connectivity index (χ0) is 24.7. The van der Waals surface area contributed by atoms with Gasteiger partial charge in [0.2, 0.25) is 5.75 Å². The maximum atomic E-state index is 12.9.